The van der Waals surface area contributed by atoms with Gasteiger partial charge in [0.05, 0.1) is 41.0 Å². The number of ether oxygens (including phenoxy) is 3. The Kier molecular flexibility index (Phi) is 7.98. The van der Waals surface area contributed by atoms with Crippen molar-refractivity contribution in [3.8, 4) is 11.5 Å². The topological polar surface area (TPSA) is 77.4 Å². The molecule has 1 amide bonds. The number of rotatable bonds is 7. The summed E-state index contributed by atoms with van der Waals surface area (Å²) >= 11 is 4.79. The maximum atomic E-state index is 12.8. The Morgan fingerprint density at radius 3 is 2.41 bits per heavy atom. The third-order valence-corrected chi connectivity index (χ3v) is 6.15. The van der Waals surface area contributed by atoms with Crippen LogP contribution in [0.2, 0.25) is 0 Å². The minimum atomic E-state index is -0.413. The molecule has 0 N–H and O–H groups in total. The van der Waals surface area contributed by atoms with Crippen molar-refractivity contribution in [3.63, 3.8) is 0 Å². The first-order chi connectivity index (χ1) is 15.4. The highest BCUT2D eigenvalue weighted by atomic mass is 79.9. The van der Waals surface area contributed by atoms with Crippen LogP contribution in [-0.2, 0) is 9.53 Å². The maximum absolute atomic E-state index is 12.8. The summed E-state index contributed by atoms with van der Waals surface area (Å²) in [5.41, 5.74) is 1.82. The number of likely N-dealkylation sites (N-methyl/N-ethyl adjacent to an activating group) is 1. The third-order valence-electron chi connectivity index (χ3n) is 4.47. The van der Waals surface area contributed by atoms with E-state index in [1.54, 1.807) is 37.4 Å². The number of benzene rings is 2. The molecule has 7 nitrogen and oxygen atoms in total. The third kappa shape index (κ3) is 5.34. The normalized spacial score (nSPS) is 16.0. The predicted molar refractivity (Wildman–Crippen MR) is 130 cm³/mol. The lowest BCUT2D eigenvalue weighted by Gasteiger charge is -2.12. The number of hydrogen-bond donors (Lipinski definition) is 0. The molecule has 0 saturated carbocycles. The fraction of sp³-hybridized carbons (Fsp3) is 0.261. The van der Waals surface area contributed by atoms with Gasteiger partial charge in [-0.15, -0.1) is 0 Å². The van der Waals surface area contributed by atoms with Gasteiger partial charge in [-0.05, 0) is 77.9 Å². The Balaban J connectivity index is 1.90. The molecular weight excluding hydrogens is 496 g/mol. The number of thioether (sulfide) groups is 1. The number of amidine groups is 1. The standard InChI is InChI=1S/C23H23BrN2O5S/c1-5-30-18-13-19(31-6-2)17(24)11-15(18)12-20-21(27)26(3)23(32-20)25-16-9-7-14(8-10-16)22(28)29-4/h7-13H,5-6H2,1-4H3/b20-12-,25-23?. The number of carbonyl (C=O) groups excluding carboxylic acids is 2. The van der Waals surface area contributed by atoms with Crippen LogP contribution in [0.1, 0.15) is 29.8 Å². The van der Waals surface area contributed by atoms with Crippen LogP contribution in [0.25, 0.3) is 6.08 Å². The lowest BCUT2D eigenvalue weighted by atomic mass is 10.1. The van der Waals surface area contributed by atoms with Gasteiger partial charge in [-0.3, -0.25) is 9.69 Å². The van der Waals surface area contributed by atoms with E-state index in [9.17, 15) is 9.59 Å². The Bertz CT molecular complexity index is 1080. The van der Waals surface area contributed by atoms with E-state index in [2.05, 4.69) is 20.9 Å². The molecule has 0 bridgehead atoms. The fourth-order valence-electron chi connectivity index (χ4n) is 2.90. The van der Waals surface area contributed by atoms with Gasteiger partial charge in [0.2, 0.25) is 0 Å². The van der Waals surface area contributed by atoms with Gasteiger partial charge in [-0.2, -0.15) is 0 Å². The van der Waals surface area contributed by atoms with Gasteiger partial charge < -0.3 is 14.2 Å². The first-order valence-corrected chi connectivity index (χ1v) is 11.5. The van der Waals surface area contributed by atoms with E-state index in [0.29, 0.717) is 46.0 Å². The Morgan fingerprint density at radius 2 is 1.78 bits per heavy atom. The summed E-state index contributed by atoms with van der Waals surface area (Å²) < 4.78 is 16.9. The van der Waals surface area contributed by atoms with Crippen LogP contribution in [0.4, 0.5) is 5.69 Å². The second-order valence-corrected chi connectivity index (χ2v) is 8.46. The first kappa shape index (κ1) is 23.9. The average molecular weight is 519 g/mol. The predicted octanol–water partition coefficient (Wildman–Crippen LogP) is 5.27. The molecule has 3 rings (SSSR count). The van der Waals surface area contributed by atoms with Crippen LogP contribution in [0.5, 0.6) is 11.5 Å². The Morgan fingerprint density at radius 1 is 1.12 bits per heavy atom. The number of amides is 1. The van der Waals surface area contributed by atoms with E-state index in [0.717, 1.165) is 10.0 Å². The van der Waals surface area contributed by atoms with Gasteiger partial charge in [-0.25, -0.2) is 9.79 Å². The molecule has 1 aliphatic rings. The molecule has 1 saturated heterocycles. The zero-order valence-electron chi connectivity index (χ0n) is 18.2. The number of esters is 1. The van der Waals surface area contributed by atoms with Gasteiger partial charge in [0.1, 0.15) is 11.5 Å². The molecule has 1 aliphatic heterocycles. The zero-order chi connectivity index (χ0) is 23.3. The van der Waals surface area contributed by atoms with Crippen LogP contribution < -0.4 is 9.47 Å². The van der Waals surface area contributed by atoms with E-state index < -0.39 is 5.97 Å². The number of hydrogen-bond acceptors (Lipinski definition) is 7. The minimum absolute atomic E-state index is 0.160. The average Bonchev–Trinajstić information content (AvgIpc) is 3.04. The molecule has 2 aromatic carbocycles. The molecule has 0 spiro atoms. The number of nitrogens with zero attached hydrogens (tertiary/aromatic N) is 2. The fourth-order valence-corrected chi connectivity index (χ4v) is 4.36. The molecule has 1 heterocycles. The monoisotopic (exact) mass is 518 g/mol. The minimum Gasteiger partial charge on any atom is -0.493 e. The Labute approximate surface area is 199 Å². The molecular formula is C23H23BrN2O5S. The summed E-state index contributed by atoms with van der Waals surface area (Å²) in [5.74, 6) is 0.737. The molecule has 1 fully saturated rings. The van der Waals surface area contributed by atoms with Crippen LogP contribution in [0.3, 0.4) is 0 Å². The van der Waals surface area contributed by atoms with E-state index >= 15 is 0 Å². The Hall–Kier alpha value is -2.78. The summed E-state index contributed by atoms with van der Waals surface area (Å²) in [7, 11) is 3.01. The summed E-state index contributed by atoms with van der Waals surface area (Å²) in [6.45, 7) is 4.83. The second kappa shape index (κ2) is 10.7. The summed E-state index contributed by atoms with van der Waals surface area (Å²) in [5, 5.41) is 0.537. The number of methoxy groups -OCH3 is 1. The summed E-state index contributed by atoms with van der Waals surface area (Å²) in [6, 6.07) is 10.4. The SMILES string of the molecule is CCOc1cc(OCC)c(/C=C2\SC(=Nc3ccc(C(=O)OC)cc3)N(C)C2=O)cc1Br. The number of carbonyl (C=O) groups is 2. The molecule has 0 radical (unpaired) electrons. The van der Waals surface area contributed by atoms with Crippen molar-refractivity contribution in [2.45, 2.75) is 13.8 Å². The van der Waals surface area contributed by atoms with Crippen LogP contribution >= 0.6 is 27.7 Å². The highest BCUT2D eigenvalue weighted by Crippen LogP contribution is 2.38. The highest BCUT2D eigenvalue weighted by molar-refractivity contribution is 9.10. The zero-order valence-corrected chi connectivity index (χ0v) is 20.6. The van der Waals surface area contributed by atoms with Gasteiger partial charge >= 0.3 is 5.97 Å². The summed E-state index contributed by atoms with van der Waals surface area (Å²) in [4.78, 5) is 31.0. The van der Waals surface area contributed by atoms with E-state index in [1.165, 1.54) is 23.8 Å². The van der Waals surface area contributed by atoms with Crippen molar-refractivity contribution < 1.29 is 23.8 Å². The number of aliphatic imine (C=N–C) groups is 1. The maximum Gasteiger partial charge on any atom is 0.337 e. The largest absolute Gasteiger partial charge is 0.493 e. The van der Waals surface area contributed by atoms with Crippen molar-refractivity contribution in [2.75, 3.05) is 27.4 Å². The molecule has 32 heavy (non-hydrogen) atoms. The van der Waals surface area contributed by atoms with Crippen molar-refractivity contribution in [2.24, 2.45) is 4.99 Å². The van der Waals surface area contributed by atoms with Gasteiger partial charge in [-0.1, -0.05) is 0 Å². The van der Waals surface area contributed by atoms with Gasteiger partial charge in [0.15, 0.2) is 5.17 Å². The van der Waals surface area contributed by atoms with E-state index in [1.807, 2.05) is 26.0 Å². The van der Waals surface area contributed by atoms with Crippen LogP contribution in [0.15, 0.2) is 50.8 Å². The van der Waals surface area contributed by atoms with E-state index in [-0.39, 0.29) is 5.91 Å². The second-order valence-electron chi connectivity index (χ2n) is 6.59. The van der Waals surface area contributed by atoms with Crippen molar-refractivity contribution >= 4 is 56.5 Å². The molecule has 0 atom stereocenters. The van der Waals surface area contributed by atoms with Crippen molar-refractivity contribution in [3.05, 3.63) is 56.9 Å². The van der Waals surface area contributed by atoms with Gasteiger partial charge in [0, 0.05) is 18.7 Å². The highest BCUT2D eigenvalue weighted by Gasteiger charge is 2.30. The van der Waals surface area contributed by atoms with Crippen molar-refractivity contribution in [1.82, 2.24) is 4.90 Å². The van der Waals surface area contributed by atoms with E-state index in [4.69, 9.17) is 14.2 Å². The van der Waals surface area contributed by atoms with Gasteiger partial charge in [0.25, 0.3) is 5.91 Å². The molecule has 168 valence electrons. The molecule has 0 aliphatic carbocycles. The molecule has 0 aromatic heterocycles. The lowest BCUT2D eigenvalue weighted by molar-refractivity contribution is -0.121. The van der Waals surface area contributed by atoms with Crippen molar-refractivity contribution in [1.29, 1.82) is 0 Å². The lowest BCUT2D eigenvalue weighted by Crippen LogP contribution is -2.23. The first-order valence-electron chi connectivity index (χ1n) is 9.91. The van der Waals surface area contributed by atoms with Crippen LogP contribution in [-0.4, -0.2) is 49.3 Å². The smallest absolute Gasteiger partial charge is 0.337 e. The molecule has 9 heteroatoms. The molecule has 2 aromatic rings. The van der Waals surface area contributed by atoms with Crippen LogP contribution in [0, 0.1) is 0 Å². The molecule has 0 unspecified atom stereocenters. The quantitative estimate of drug-likeness (QED) is 0.367. The summed E-state index contributed by atoms with van der Waals surface area (Å²) in [6.07, 6.45) is 1.79. The number of halogens is 1.